The first-order valence-electron chi connectivity index (χ1n) is 6.38. The van der Waals surface area contributed by atoms with Gasteiger partial charge in [-0.2, -0.15) is 0 Å². The van der Waals surface area contributed by atoms with Gasteiger partial charge in [-0.3, -0.25) is 4.79 Å². The van der Waals surface area contributed by atoms with Crippen molar-refractivity contribution in [2.24, 2.45) is 5.41 Å². The lowest BCUT2D eigenvalue weighted by Gasteiger charge is -2.35. The molecule has 2 N–H and O–H groups in total. The Morgan fingerprint density at radius 2 is 1.89 bits per heavy atom. The fourth-order valence-electron chi connectivity index (χ4n) is 2.31. The van der Waals surface area contributed by atoms with Gasteiger partial charge in [-0.25, -0.2) is 8.42 Å². The zero-order valence-corrected chi connectivity index (χ0v) is 11.9. The number of hydrogen-bond acceptors (Lipinski definition) is 4. The third-order valence-electron chi connectivity index (χ3n) is 3.90. The molecule has 0 saturated heterocycles. The number of amides is 1. The van der Waals surface area contributed by atoms with Gasteiger partial charge in [0.2, 0.25) is 5.91 Å². The quantitative estimate of drug-likeness (QED) is 0.765. The Bertz CT molecular complexity index is 385. The van der Waals surface area contributed by atoms with E-state index in [4.69, 9.17) is 0 Å². The second kappa shape index (κ2) is 6.02. The molecule has 0 radical (unpaired) electrons. The van der Waals surface area contributed by atoms with Gasteiger partial charge in [0.1, 0.15) is 5.25 Å². The van der Waals surface area contributed by atoms with E-state index in [1.54, 1.807) is 0 Å². The summed E-state index contributed by atoms with van der Waals surface area (Å²) in [5, 5.41) is 11.1. The maximum absolute atomic E-state index is 11.7. The number of carbonyl (C=O) groups excluding carboxylic acids is 1. The summed E-state index contributed by atoms with van der Waals surface area (Å²) >= 11 is 0. The highest BCUT2D eigenvalue weighted by Gasteiger charge is 2.33. The average molecular weight is 277 g/mol. The van der Waals surface area contributed by atoms with Crippen LogP contribution in [0.15, 0.2) is 0 Å². The lowest BCUT2D eigenvalue weighted by molar-refractivity contribution is -0.121. The lowest BCUT2D eigenvalue weighted by Crippen LogP contribution is -2.45. The first-order valence-corrected chi connectivity index (χ1v) is 8.34. The molecule has 106 valence electrons. The van der Waals surface area contributed by atoms with E-state index in [0.29, 0.717) is 6.54 Å². The van der Waals surface area contributed by atoms with E-state index in [0.717, 1.165) is 38.4 Å². The van der Waals surface area contributed by atoms with E-state index in [9.17, 15) is 18.3 Å². The maximum atomic E-state index is 11.7. The minimum atomic E-state index is -3.36. The van der Waals surface area contributed by atoms with Crippen LogP contribution >= 0.6 is 0 Å². The van der Waals surface area contributed by atoms with Crippen LogP contribution in [0, 0.1) is 5.41 Å². The first kappa shape index (κ1) is 15.4. The molecular formula is C12H23NO4S. The molecule has 1 fully saturated rings. The van der Waals surface area contributed by atoms with Crippen molar-refractivity contribution in [3.8, 4) is 0 Å². The molecule has 1 rings (SSSR count). The molecule has 1 atom stereocenters. The van der Waals surface area contributed by atoms with E-state index in [1.807, 2.05) is 0 Å². The number of aliphatic hydroxyl groups excluding tert-OH is 1. The molecule has 5 nitrogen and oxygen atoms in total. The van der Waals surface area contributed by atoms with Crippen molar-refractivity contribution in [3.63, 3.8) is 0 Å². The van der Waals surface area contributed by atoms with Crippen LogP contribution in [0.25, 0.3) is 0 Å². The molecule has 0 aromatic rings. The monoisotopic (exact) mass is 277 g/mol. The zero-order chi connectivity index (χ0) is 13.8. The molecule has 0 aliphatic heterocycles. The summed E-state index contributed by atoms with van der Waals surface area (Å²) in [5.74, 6) is -0.476. The highest BCUT2D eigenvalue weighted by molar-refractivity contribution is 7.92. The van der Waals surface area contributed by atoms with E-state index in [1.165, 1.54) is 6.92 Å². The molecule has 1 aliphatic carbocycles. The Morgan fingerprint density at radius 3 is 2.33 bits per heavy atom. The minimum Gasteiger partial charge on any atom is -0.396 e. The Labute approximate surface area is 109 Å². The second-order valence-corrected chi connectivity index (χ2v) is 7.77. The molecule has 1 aliphatic rings. The molecule has 0 spiro atoms. The number of sulfone groups is 1. The van der Waals surface area contributed by atoms with Crippen molar-refractivity contribution in [2.45, 2.75) is 44.3 Å². The Kier molecular flexibility index (Phi) is 5.16. The molecular weight excluding hydrogens is 254 g/mol. The number of rotatable bonds is 5. The first-order chi connectivity index (χ1) is 8.31. The molecule has 1 unspecified atom stereocenters. The molecule has 1 saturated carbocycles. The predicted octanol–water partition coefficient (Wildman–Crippen LogP) is 0.478. The Balaban J connectivity index is 2.55. The Hall–Kier alpha value is -0.620. The average Bonchev–Trinajstić information content (AvgIpc) is 2.35. The third kappa shape index (κ3) is 3.95. The van der Waals surface area contributed by atoms with Crippen LogP contribution in [-0.4, -0.2) is 44.1 Å². The predicted molar refractivity (Wildman–Crippen MR) is 69.9 cm³/mol. The van der Waals surface area contributed by atoms with Crippen molar-refractivity contribution in [2.75, 3.05) is 19.4 Å². The van der Waals surface area contributed by atoms with Crippen molar-refractivity contribution in [1.82, 2.24) is 5.32 Å². The largest absolute Gasteiger partial charge is 0.396 e. The smallest absolute Gasteiger partial charge is 0.238 e. The summed E-state index contributed by atoms with van der Waals surface area (Å²) in [6, 6.07) is 0. The molecule has 6 heteroatoms. The molecule has 0 aromatic carbocycles. The van der Waals surface area contributed by atoms with Gasteiger partial charge in [-0.05, 0) is 19.8 Å². The van der Waals surface area contributed by atoms with Crippen LogP contribution in [0.3, 0.4) is 0 Å². The fraction of sp³-hybridized carbons (Fsp3) is 0.917. The number of nitrogens with one attached hydrogen (secondary N) is 1. The van der Waals surface area contributed by atoms with Crippen LogP contribution < -0.4 is 5.32 Å². The van der Waals surface area contributed by atoms with E-state index in [-0.39, 0.29) is 12.0 Å². The topological polar surface area (TPSA) is 83.5 Å². The standard InChI is InChI=1S/C12H23NO4S/c1-10(18(2,16)17)11(15)13-8-12(9-14)6-4-3-5-7-12/h10,14H,3-9H2,1-2H3,(H,13,15). The van der Waals surface area contributed by atoms with Gasteiger partial charge in [0.25, 0.3) is 0 Å². The van der Waals surface area contributed by atoms with Gasteiger partial charge in [0.05, 0.1) is 6.61 Å². The van der Waals surface area contributed by atoms with Gasteiger partial charge < -0.3 is 10.4 Å². The number of carbonyl (C=O) groups is 1. The number of hydrogen-bond donors (Lipinski definition) is 2. The normalized spacial score (nSPS) is 21.3. The Morgan fingerprint density at radius 1 is 1.33 bits per heavy atom. The summed E-state index contributed by atoms with van der Waals surface area (Å²) in [4.78, 5) is 11.7. The second-order valence-electron chi connectivity index (χ2n) is 5.41. The van der Waals surface area contributed by atoms with Gasteiger partial charge in [0.15, 0.2) is 9.84 Å². The van der Waals surface area contributed by atoms with Gasteiger partial charge in [-0.1, -0.05) is 19.3 Å². The van der Waals surface area contributed by atoms with E-state index < -0.39 is 21.0 Å². The van der Waals surface area contributed by atoms with Crippen molar-refractivity contribution >= 4 is 15.7 Å². The maximum Gasteiger partial charge on any atom is 0.238 e. The summed E-state index contributed by atoms with van der Waals surface area (Å²) in [6.07, 6.45) is 6.10. The summed E-state index contributed by atoms with van der Waals surface area (Å²) < 4.78 is 22.5. The molecule has 0 aromatic heterocycles. The lowest BCUT2D eigenvalue weighted by atomic mass is 9.74. The summed E-state index contributed by atoms with van der Waals surface area (Å²) in [7, 11) is -3.36. The van der Waals surface area contributed by atoms with Gasteiger partial charge >= 0.3 is 0 Å². The van der Waals surface area contributed by atoms with Crippen LogP contribution in [0.4, 0.5) is 0 Å². The third-order valence-corrected chi connectivity index (χ3v) is 5.40. The number of aliphatic hydroxyl groups is 1. The van der Waals surface area contributed by atoms with Crippen LogP contribution in [0.1, 0.15) is 39.0 Å². The fourth-order valence-corrected chi connectivity index (χ4v) is 2.78. The highest BCUT2D eigenvalue weighted by Crippen LogP contribution is 2.35. The molecule has 18 heavy (non-hydrogen) atoms. The molecule has 0 heterocycles. The SMILES string of the molecule is CC(C(=O)NCC1(CO)CCCCC1)S(C)(=O)=O. The van der Waals surface area contributed by atoms with E-state index >= 15 is 0 Å². The van der Waals surface area contributed by atoms with Gasteiger partial charge in [0, 0.05) is 18.2 Å². The van der Waals surface area contributed by atoms with Crippen LogP contribution in [0.5, 0.6) is 0 Å². The van der Waals surface area contributed by atoms with Crippen LogP contribution in [0.2, 0.25) is 0 Å². The van der Waals surface area contributed by atoms with Crippen molar-refractivity contribution in [1.29, 1.82) is 0 Å². The highest BCUT2D eigenvalue weighted by atomic mass is 32.2. The summed E-state index contributed by atoms with van der Waals surface area (Å²) in [6.45, 7) is 1.79. The summed E-state index contributed by atoms with van der Waals surface area (Å²) in [5.41, 5.74) is -0.259. The van der Waals surface area contributed by atoms with Crippen molar-refractivity contribution < 1.29 is 18.3 Å². The molecule has 1 amide bonds. The van der Waals surface area contributed by atoms with Crippen LogP contribution in [-0.2, 0) is 14.6 Å². The van der Waals surface area contributed by atoms with E-state index in [2.05, 4.69) is 5.32 Å². The minimum absolute atomic E-state index is 0.0422. The van der Waals surface area contributed by atoms with Gasteiger partial charge in [-0.15, -0.1) is 0 Å². The zero-order valence-electron chi connectivity index (χ0n) is 11.1. The molecule has 0 bridgehead atoms. The van der Waals surface area contributed by atoms with Crippen molar-refractivity contribution in [3.05, 3.63) is 0 Å².